The number of aliphatic hydroxyl groups is 1. The van der Waals surface area contributed by atoms with Crippen LogP contribution in [-0.4, -0.2) is 85.9 Å². The lowest BCUT2D eigenvalue weighted by Gasteiger charge is -2.33. The van der Waals surface area contributed by atoms with E-state index in [1.165, 1.54) is 16.0 Å². The number of β-amino-alcohol motifs (C(OH)–C–C–N with tert-alkyl or cyclic N) is 1. The summed E-state index contributed by atoms with van der Waals surface area (Å²) in [5, 5.41) is 12.7. The van der Waals surface area contributed by atoms with E-state index < -0.39 is 6.10 Å². The van der Waals surface area contributed by atoms with Gasteiger partial charge < -0.3 is 19.5 Å². The number of aliphatic hydroxyl groups excluding tert-OH is 1. The second-order valence-electron chi connectivity index (χ2n) is 8.38. The van der Waals surface area contributed by atoms with Crippen molar-refractivity contribution in [3.63, 3.8) is 0 Å². The molecule has 1 N–H and O–H groups in total. The normalized spacial score (nSPS) is 19.4. The fourth-order valence-corrected chi connectivity index (χ4v) is 5.09. The number of rotatable bonds is 8. The minimum atomic E-state index is -0.513. The van der Waals surface area contributed by atoms with Crippen molar-refractivity contribution in [2.75, 3.05) is 60.0 Å². The minimum Gasteiger partial charge on any atom is -0.493 e. The molecule has 2 aromatic rings. The van der Waals surface area contributed by atoms with E-state index in [4.69, 9.17) is 9.47 Å². The molecule has 6 nitrogen and oxygen atoms in total. The number of thiophene rings is 1. The molecule has 0 spiro atoms. The first-order chi connectivity index (χ1) is 14.6. The summed E-state index contributed by atoms with van der Waals surface area (Å²) >= 11 is 1.87. The number of likely N-dealkylation sites (N-methyl/N-ethyl adjacent to an activating group) is 1. The van der Waals surface area contributed by atoms with Gasteiger partial charge in [0, 0.05) is 57.2 Å². The summed E-state index contributed by atoms with van der Waals surface area (Å²) < 4.78 is 11.5. The molecule has 0 amide bonds. The van der Waals surface area contributed by atoms with Crippen LogP contribution in [-0.2, 0) is 19.5 Å². The molecule has 1 atom stereocenters. The summed E-state index contributed by atoms with van der Waals surface area (Å²) in [5.74, 6) is 1.42. The predicted molar refractivity (Wildman–Crippen MR) is 121 cm³/mol. The Kier molecular flexibility index (Phi) is 7.28. The number of piperazine rings is 1. The number of ether oxygens (including phenoxy) is 2. The molecular weight excluding hydrogens is 398 g/mol. The van der Waals surface area contributed by atoms with E-state index in [-0.39, 0.29) is 6.61 Å². The highest BCUT2D eigenvalue weighted by Gasteiger charge is 2.20. The fourth-order valence-electron chi connectivity index (χ4n) is 4.20. The van der Waals surface area contributed by atoms with Crippen LogP contribution in [0.4, 0.5) is 0 Å². The lowest BCUT2D eigenvalue weighted by Crippen LogP contribution is -2.47. The molecule has 1 unspecified atom stereocenters. The first-order valence-electron chi connectivity index (χ1n) is 10.8. The van der Waals surface area contributed by atoms with Gasteiger partial charge in [0.05, 0.1) is 7.11 Å². The average molecular weight is 432 g/mol. The summed E-state index contributed by atoms with van der Waals surface area (Å²) in [7, 11) is 3.80. The standard InChI is InChI=1S/C23H33N3O3S/c1-24-8-10-25(11-9-24)16-20(27)17-29-22-13-18(3-4-21(22)28-2)14-26-7-5-23-19(15-26)6-12-30-23/h3-4,6,12-13,20,27H,5,7-11,14-17H2,1-2H3. The van der Waals surface area contributed by atoms with E-state index in [2.05, 4.69) is 45.3 Å². The van der Waals surface area contributed by atoms with Crippen molar-refractivity contribution in [2.24, 2.45) is 0 Å². The van der Waals surface area contributed by atoms with Gasteiger partial charge in [0.15, 0.2) is 11.5 Å². The zero-order valence-electron chi connectivity index (χ0n) is 18.0. The molecule has 7 heteroatoms. The van der Waals surface area contributed by atoms with Gasteiger partial charge in [-0.3, -0.25) is 9.80 Å². The van der Waals surface area contributed by atoms with Crippen molar-refractivity contribution in [1.82, 2.24) is 14.7 Å². The smallest absolute Gasteiger partial charge is 0.161 e. The number of nitrogens with zero attached hydrogens (tertiary/aromatic N) is 3. The fraction of sp³-hybridized carbons (Fsp3) is 0.565. The maximum absolute atomic E-state index is 10.5. The summed E-state index contributed by atoms with van der Waals surface area (Å²) in [6.45, 7) is 7.98. The Hall–Kier alpha value is -1.64. The molecule has 1 saturated heterocycles. The maximum Gasteiger partial charge on any atom is 0.161 e. The number of fused-ring (bicyclic) bond motifs is 1. The van der Waals surface area contributed by atoms with Crippen LogP contribution in [0.25, 0.3) is 0 Å². The van der Waals surface area contributed by atoms with Gasteiger partial charge in [-0.25, -0.2) is 0 Å². The van der Waals surface area contributed by atoms with Gasteiger partial charge in [-0.2, -0.15) is 0 Å². The second-order valence-corrected chi connectivity index (χ2v) is 9.38. The van der Waals surface area contributed by atoms with Gasteiger partial charge >= 0.3 is 0 Å². The van der Waals surface area contributed by atoms with Gasteiger partial charge in [0.2, 0.25) is 0 Å². The lowest BCUT2D eigenvalue weighted by molar-refractivity contribution is 0.0497. The first kappa shape index (κ1) is 21.6. The van der Waals surface area contributed by atoms with Crippen LogP contribution in [0.15, 0.2) is 29.6 Å². The zero-order valence-corrected chi connectivity index (χ0v) is 18.9. The largest absolute Gasteiger partial charge is 0.493 e. The average Bonchev–Trinajstić information content (AvgIpc) is 3.22. The molecule has 3 heterocycles. The second kappa shape index (κ2) is 10.1. The summed E-state index contributed by atoms with van der Waals surface area (Å²) in [6.07, 6.45) is 0.617. The van der Waals surface area contributed by atoms with Gasteiger partial charge in [-0.1, -0.05) is 6.07 Å². The third-order valence-corrected chi connectivity index (χ3v) is 7.04. The number of benzene rings is 1. The van der Waals surface area contributed by atoms with Crippen molar-refractivity contribution in [1.29, 1.82) is 0 Å². The first-order valence-corrected chi connectivity index (χ1v) is 11.6. The minimum absolute atomic E-state index is 0.272. The van der Waals surface area contributed by atoms with Crippen LogP contribution < -0.4 is 9.47 Å². The SMILES string of the molecule is COc1ccc(CN2CCc3sccc3C2)cc1OCC(O)CN1CCN(C)CC1. The molecular formula is C23H33N3O3S. The molecule has 0 radical (unpaired) electrons. The highest BCUT2D eigenvalue weighted by Crippen LogP contribution is 2.30. The number of hydrogen-bond acceptors (Lipinski definition) is 7. The predicted octanol–water partition coefficient (Wildman–Crippen LogP) is 2.30. The molecule has 2 aliphatic heterocycles. The van der Waals surface area contributed by atoms with E-state index in [9.17, 15) is 5.11 Å². The summed E-state index contributed by atoms with van der Waals surface area (Å²) in [6, 6.07) is 8.38. The van der Waals surface area contributed by atoms with E-state index in [1.54, 1.807) is 7.11 Å². The van der Waals surface area contributed by atoms with Gasteiger partial charge in [-0.05, 0) is 48.2 Å². The zero-order chi connectivity index (χ0) is 20.9. The van der Waals surface area contributed by atoms with Crippen molar-refractivity contribution < 1.29 is 14.6 Å². The molecule has 4 rings (SSSR count). The van der Waals surface area contributed by atoms with E-state index in [0.29, 0.717) is 18.0 Å². The monoisotopic (exact) mass is 431 g/mol. The lowest BCUT2D eigenvalue weighted by atomic mass is 10.1. The Morgan fingerprint density at radius 2 is 1.90 bits per heavy atom. The summed E-state index contributed by atoms with van der Waals surface area (Å²) in [5.41, 5.74) is 2.67. The Labute approximate surface area is 183 Å². The van der Waals surface area contributed by atoms with Gasteiger partial charge in [-0.15, -0.1) is 11.3 Å². The van der Waals surface area contributed by atoms with Crippen LogP contribution in [0.2, 0.25) is 0 Å². The van der Waals surface area contributed by atoms with Crippen molar-refractivity contribution in [2.45, 2.75) is 25.6 Å². The molecule has 0 saturated carbocycles. The number of methoxy groups -OCH3 is 1. The highest BCUT2D eigenvalue weighted by molar-refractivity contribution is 7.10. The third-order valence-electron chi connectivity index (χ3n) is 6.02. The van der Waals surface area contributed by atoms with Crippen LogP contribution >= 0.6 is 11.3 Å². The molecule has 164 valence electrons. The Morgan fingerprint density at radius 1 is 1.07 bits per heavy atom. The van der Waals surface area contributed by atoms with E-state index in [0.717, 1.165) is 52.2 Å². The van der Waals surface area contributed by atoms with Crippen LogP contribution in [0.5, 0.6) is 11.5 Å². The highest BCUT2D eigenvalue weighted by atomic mass is 32.1. The Morgan fingerprint density at radius 3 is 2.70 bits per heavy atom. The molecule has 30 heavy (non-hydrogen) atoms. The number of hydrogen-bond donors (Lipinski definition) is 1. The third kappa shape index (κ3) is 5.53. The molecule has 1 aromatic carbocycles. The molecule has 0 bridgehead atoms. The Balaban J connectivity index is 1.32. The van der Waals surface area contributed by atoms with Crippen molar-refractivity contribution >= 4 is 11.3 Å². The quantitative estimate of drug-likeness (QED) is 0.692. The van der Waals surface area contributed by atoms with E-state index in [1.807, 2.05) is 17.4 Å². The molecule has 1 fully saturated rings. The maximum atomic E-state index is 10.5. The summed E-state index contributed by atoms with van der Waals surface area (Å²) in [4.78, 5) is 8.62. The molecule has 1 aromatic heterocycles. The van der Waals surface area contributed by atoms with Crippen LogP contribution in [0.3, 0.4) is 0 Å². The van der Waals surface area contributed by atoms with Crippen molar-refractivity contribution in [3.05, 3.63) is 45.6 Å². The van der Waals surface area contributed by atoms with Crippen molar-refractivity contribution in [3.8, 4) is 11.5 Å². The topological polar surface area (TPSA) is 48.4 Å². The van der Waals surface area contributed by atoms with Crippen LogP contribution in [0.1, 0.15) is 16.0 Å². The molecule has 2 aliphatic rings. The molecule has 0 aliphatic carbocycles. The van der Waals surface area contributed by atoms with Gasteiger partial charge in [0.1, 0.15) is 12.7 Å². The van der Waals surface area contributed by atoms with Crippen LogP contribution in [0, 0.1) is 0 Å². The van der Waals surface area contributed by atoms with E-state index >= 15 is 0 Å². The Bertz CT molecular complexity index is 820. The van der Waals surface area contributed by atoms with Gasteiger partial charge in [0.25, 0.3) is 0 Å².